The molecule has 1 aliphatic rings. The maximum Gasteiger partial charge on any atom is 0.117 e. The van der Waals surface area contributed by atoms with Crippen molar-refractivity contribution >= 4 is 0 Å². The highest BCUT2D eigenvalue weighted by Crippen LogP contribution is 2.19. The predicted octanol–water partition coefficient (Wildman–Crippen LogP) is 1.13. The van der Waals surface area contributed by atoms with E-state index >= 15 is 0 Å². The molecule has 1 aromatic heterocycles. The number of β-amino-alcohol motifs (C(OH)–C–C–N with tert-alkyl or cyclic N) is 1. The SMILES string of the molecule is Cc1ccc(CNC[C@@]2(O)CCCN(C)C2)o1. The average molecular weight is 238 g/mol. The third-order valence-corrected chi connectivity index (χ3v) is 3.30. The van der Waals surface area contributed by atoms with E-state index in [2.05, 4.69) is 17.3 Å². The number of hydrogen-bond acceptors (Lipinski definition) is 4. The largest absolute Gasteiger partial charge is 0.465 e. The molecule has 0 saturated carbocycles. The van der Waals surface area contributed by atoms with Crippen molar-refractivity contribution in [2.75, 3.05) is 26.7 Å². The van der Waals surface area contributed by atoms with E-state index in [4.69, 9.17) is 4.42 Å². The molecule has 0 spiro atoms. The van der Waals surface area contributed by atoms with Gasteiger partial charge in [0.1, 0.15) is 11.5 Å². The maximum absolute atomic E-state index is 10.4. The average Bonchev–Trinajstić information content (AvgIpc) is 2.63. The van der Waals surface area contributed by atoms with Crippen LogP contribution >= 0.6 is 0 Å². The van der Waals surface area contributed by atoms with E-state index < -0.39 is 5.60 Å². The van der Waals surface area contributed by atoms with E-state index in [0.29, 0.717) is 13.1 Å². The number of aryl methyl sites for hydroxylation is 1. The van der Waals surface area contributed by atoms with Crippen molar-refractivity contribution in [3.05, 3.63) is 23.7 Å². The summed E-state index contributed by atoms with van der Waals surface area (Å²) < 4.78 is 5.47. The minimum atomic E-state index is -0.589. The van der Waals surface area contributed by atoms with Crippen LogP contribution in [0.2, 0.25) is 0 Å². The second-order valence-electron chi connectivity index (χ2n) is 5.18. The molecular formula is C13H22N2O2. The van der Waals surface area contributed by atoms with E-state index in [-0.39, 0.29) is 0 Å². The van der Waals surface area contributed by atoms with Gasteiger partial charge in [-0.3, -0.25) is 0 Å². The Labute approximate surface area is 103 Å². The number of likely N-dealkylation sites (tertiary alicyclic amines) is 1. The van der Waals surface area contributed by atoms with Gasteiger partial charge in [0.05, 0.1) is 12.1 Å². The van der Waals surface area contributed by atoms with Crippen molar-refractivity contribution in [1.29, 1.82) is 0 Å². The van der Waals surface area contributed by atoms with Crippen LogP contribution in [0.4, 0.5) is 0 Å². The topological polar surface area (TPSA) is 48.6 Å². The predicted molar refractivity (Wildman–Crippen MR) is 66.8 cm³/mol. The van der Waals surface area contributed by atoms with Crippen molar-refractivity contribution in [3.8, 4) is 0 Å². The highest BCUT2D eigenvalue weighted by Gasteiger charge is 2.31. The summed E-state index contributed by atoms with van der Waals surface area (Å²) in [4.78, 5) is 2.18. The van der Waals surface area contributed by atoms with Gasteiger partial charge in [-0.05, 0) is 45.5 Å². The summed E-state index contributed by atoms with van der Waals surface area (Å²) in [7, 11) is 2.06. The molecule has 0 unspecified atom stereocenters. The number of furan rings is 1. The van der Waals surface area contributed by atoms with Crippen molar-refractivity contribution in [1.82, 2.24) is 10.2 Å². The molecule has 1 atom stereocenters. The highest BCUT2D eigenvalue weighted by atomic mass is 16.3. The van der Waals surface area contributed by atoms with Gasteiger partial charge in [-0.1, -0.05) is 0 Å². The fourth-order valence-electron chi connectivity index (χ4n) is 2.48. The maximum atomic E-state index is 10.4. The lowest BCUT2D eigenvalue weighted by Gasteiger charge is -2.37. The van der Waals surface area contributed by atoms with Crippen LogP contribution in [-0.4, -0.2) is 42.3 Å². The summed E-state index contributed by atoms with van der Waals surface area (Å²) in [6, 6.07) is 3.93. The second-order valence-corrected chi connectivity index (χ2v) is 5.18. The molecule has 0 aromatic carbocycles. The number of aliphatic hydroxyl groups is 1. The zero-order chi connectivity index (χ0) is 12.3. The Hall–Kier alpha value is -0.840. The molecule has 1 aromatic rings. The Morgan fingerprint density at radius 1 is 1.53 bits per heavy atom. The zero-order valence-corrected chi connectivity index (χ0v) is 10.7. The number of nitrogens with zero attached hydrogens (tertiary/aromatic N) is 1. The van der Waals surface area contributed by atoms with Crippen LogP contribution in [0.5, 0.6) is 0 Å². The van der Waals surface area contributed by atoms with Gasteiger partial charge in [-0.25, -0.2) is 0 Å². The van der Waals surface area contributed by atoms with Gasteiger partial charge < -0.3 is 19.7 Å². The fraction of sp³-hybridized carbons (Fsp3) is 0.692. The Morgan fingerprint density at radius 2 is 2.35 bits per heavy atom. The number of piperidine rings is 1. The van der Waals surface area contributed by atoms with Crippen molar-refractivity contribution in [3.63, 3.8) is 0 Å². The standard InChI is InChI=1S/C13H22N2O2/c1-11-4-5-12(17-11)8-14-9-13(16)6-3-7-15(2)10-13/h4-5,14,16H,3,6-10H2,1-2H3/t13-/m0/s1. The highest BCUT2D eigenvalue weighted by molar-refractivity contribution is 5.05. The molecule has 1 fully saturated rings. The molecule has 4 heteroatoms. The molecule has 2 N–H and O–H groups in total. The Morgan fingerprint density at radius 3 is 3.00 bits per heavy atom. The van der Waals surface area contributed by atoms with Gasteiger partial charge >= 0.3 is 0 Å². The molecule has 2 rings (SSSR count). The lowest BCUT2D eigenvalue weighted by molar-refractivity contribution is -0.0220. The molecule has 0 aliphatic carbocycles. The lowest BCUT2D eigenvalue weighted by Crippen LogP contribution is -2.52. The summed E-state index contributed by atoms with van der Waals surface area (Å²) in [6.45, 7) is 5.07. The smallest absolute Gasteiger partial charge is 0.117 e. The van der Waals surface area contributed by atoms with Crippen molar-refractivity contribution < 1.29 is 9.52 Å². The van der Waals surface area contributed by atoms with Gasteiger partial charge in [-0.15, -0.1) is 0 Å². The van der Waals surface area contributed by atoms with Crippen molar-refractivity contribution in [2.45, 2.75) is 31.9 Å². The first-order chi connectivity index (χ1) is 8.07. The first-order valence-corrected chi connectivity index (χ1v) is 6.24. The number of nitrogens with one attached hydrogen (secondary N) is 1. The van der Waals surface area contributed by atoms with Crippen molar-refractivity contribution in [2.24, 2.45) is 0 Å². The summed E-state index contributed by atoms with van der Waals surface area (Å²) in [5.74, 6) is 1.85. The third-order valence-electron chi connectivity index (χ3n) is 3.30. The van der Waals surface area contributed by atoms with Gasteiger partial charge in [0.25, 0.3) is 0 Å². The Bertz CT molecular complexity index is 364. The summed E-state index contributed by atoms with van der Waals surface area (Å²) in [5.41, 5.74) is -0.589. The van der Waals surface area contributed by atoms with E-state index in [0.717, 1.165) is 37.5 Å². The first kappa shape index (κ1) is 12.6. The van der Waals surface area contributed by atoms with Gasteiger partial charge in [-0.2, -0.15) is 0 Å². The Balaban J connectivity index is 1.77. The van der Waals surface area contributed by atoms with Crippen LogP contribution in [0.3, 0.4) is 0 Å². The normalized spacial score (nSPS) is 26.3. The first-order valence-electron chi connectivity index (χ1n) is 6.24. The molecule has 2 heterocycles. The van der Waals surface area contributed by atoms with E-state index in [9.17, 15) is 5.11 Å². The molecule has 0 radical (unpaired) electrons. The third kappa shape index (κ3) is 3.56. The van der Waals surface area contributed by atoms with Crippen LogP contribution in [-0.2, 0) is 6.54 Å². The Kier molecular flexibility index (Phi) is 3.86. The number of hydrogen-bond donors (Lipinski definition) is 2. The van der Waals surface area contributed by atoms with E-state index in [1.54, 1.807) is 0 Å². The second kappa shape index (κ2) is 5.21. The van der Waals surface area contributed by atoms with Crippen LogP contribution in [0, 0.1) is 6.92 Å². The van der Waals surface area contributed by atoms with Crippen LogP contribution < -0.4 is 5.32 Å². The van der Waals surface area contributed by atoms with Crippen LogP contribution in [0.25, 0.3) is 0 Å². The molecule has 17 heavy (non-hydrogen) atoms. The molecule has 0 amide bonds. The van der Waals surface area contributed by atoms with Crippen LogP contribution in [0.1, 0.15) is 24.4 Å². The minimum Gasteiger partial charge on any atom is -0.465 e. The monoisotopic (exact) mass is 238 g/mol. The summed E-state index contributed by atoms with van der Waals surface area (Å²) >= 11 is 0. The van der Waals surface area contributed by atoms with Crippen LogP contribution in [0.15, 0.2) is 16.5 Å². The van der Waals surface area contributed by atoms with E-state index in [1.165, 1.54) is 0 Å². The summed E-state index contributed by atoms with van der Waals surface area (Å²) in [5, 5.41) is 13.7. The molecule has 1 aliphatic heterocycles. The minimum absolute atomic E-state index is 0.589. The number of likely N-dealkylation sites (N-methyl/N-ethyl adjacent to an activating group) is 1. The van der Waals surface area contributed by atoms with Gasteiger partial charge in [0, 0.05) is 13.1 Å². The number of rotatable bonds is 4. The summed E-state index contributed by atoms with van der Waals surface area (Å²) in [6.07, 6.45) is 1.94. The zero-order valence-electron chi connectivity index (χ0n) is 10.7. The quantitative estimate of drug-likeness (QED) is 0.825. The molecule has 0 bridgehead atoms. The van der Waals surface area contributed by atoms with Gasteiger partial charge in [0.15, 0.2) is 0 Å². The molecular weight excluding hydrogens is 216 g/mol. The molecule has 4 nitrogen and oxygen atoms in total. The molecule has 1 saturated heterocycles. The lowest BCUT2D eigenvalue weighted by atomic mass is 9.93. The fourth-order valence-corrected chi connectivity index (χ4v) is 2.48. The van der Waals surface area contributed by atoms with Gasteiger partial charge in [0.2, 0.25) is 0 Å². The van der Waals surface area contributed by atoms with E-state index in [1.807, 2.05) is 19.1 Å². The molecule has 96 valence electrons.